The number of aliphatic hydroxyl groups is 4. The second kappa shape index (κ2) is 44.9. The second-order valence-corrected chi connectivity index (χ2v) is 41.8. The van der Waals surface area contributed by atoms with Gasteiger partial charge in [0.05, 0.1) is 113 Å². The Hall–Kier alpha value is -10.1. The zero-order chi connectivity index (χ0) is 95.9. The normalized spacial score (nSPS) is 20.0. The van der Waals surface area contributed by atoms with E-state index in [1.54, 1.807) is 59.4 Å². The summed E-state index contributed by atoms with van der Waals surface area (Å²) in [6.45, 7) is 38.6. The van der Waals surface area contributed by atoms with Gasteiger partial charge in [-0.15, -0.1) is 45.3 Å². The molecule has 8 heterocycles. The molecule has 30 nitrogen and oxygen atoms in total. The Balaban J connectivity index is 0.000000195. The third-order valence-corrected chi connectivity index (χ3v) is 27.5. The number of β-amino-alcohol motifs (C(OH)–C–C–N with tert-alkyl or cyclic N) is 4. The van der Waals surface area contributed by atoms with Crippen molar-refractivity contribution in [3.8, 4) is 41.8 Å². The molecule has 704 valence electrons. The number of amides is 10. The van der Waals surface area contributed by atoms with Crippen LogP contribution in [0, 0.1) is 49.4 Å². The van der Waals surface area contributed by atoms with E-state index in [9.17, 15) is 68.4 Å². The van der Waals surface area contributed by atoms with Crippen LogP contribution in [0.15, 0.2) is 119 Å². The molecule has 0 radical (unpaired) electrons. The van der Waals surface area contributed by atoms with Crippen molar-refractivity contribution in [2.24, 2.45) is 21.7 Å². The Kier molecular flexibility index (Phi) is 35.7. The van der Waals surface area contributed by atoms with E-state index in [-0.39, 0.29) is 134 Å². The van der Waals surface area contributed by atoms with E-state index >= 15 is 0 Å². The summed E-state index contributed by atoms with van der Waals surface area (Å²) < 4.78 is 0. The standard InChI is InChI=1S/C25H34N4O4S.C24H32N4O4S.C24H34N4O3S.C23H32N4O3S/c1-14(17-7-9-18(10-8-17)21-15(2)26-13-34-21)27-23(32)20-11-19(31)12-29(20)24(33)22(25(4,5)6)28-16(3)30;1-14-20(33-13-26-14)17-8-6-16(7-9-17)11-25-22(31)19-10-18(30)12-28(19)23(32)21(24(3,4)5)27-15(2)29;1-14(16-7-9-17(10-8-16)20-15(2)26-13-32-20)27-22(30)19-11-18(29)12-28(19)23(31)21(25-6)24(3,4)5;1-14-19(31-13-26-14)16-8-6-15(7-9-16)11-25-21(29)18-10-17(28)12-27(18)22(30)20(24-5)23(2,3)4/h7-10,13-14,19-20,22,31H,11-12H2,1-6H3,(H,27,32)(H,28,30);6-9,13,18-19,21,30H,10-12H2,1-5H3,(H,25,31)(H,27,29);7-10,13-14,18-19,21,25,29H,11-12H2,1-6H3,(H,27,30);6-9,13,17-18,20,24,28H,10-12H2,1-5H3,(H,25,29)/t14-,19+,20-,22+;18-,19+,21-;14-,18+,19-,21+;17-,18+,20-/m0101/s1. The van der Waals surface area contributed by atoms with E-state index < -0.39 is 83.6 Å². The maximum absolute atomic E-state index is 13.3. The predicted octanol–water partition coefficient (Wildman–Crippen LogP) is 10.3. The number of carbonyl (C=O) groups excluding carboxylic acids is 10. The number of hydrogen-bond donors (Lipinski definition) is 12. The number of aliphatic hydroxyl groups excluding tert-OH is 4. The average molecular weight is 1860 g/mol. The molecular weight excluding hydrogens is 1730 g/mol. The van der Waals surface area contributed by atoms with Crippen LogP contribution in [0.5, 0.6) is 0 Å². The highest BCUT2D eigenvalue weighted by Crippen LogP contribution is 2.36. The molecule has 0 unspecified atom stereocenters. The van der Waals surface area contributed by atoms with Crippen LogP contribution in [0.4, 0.5) is 0 Å². The summed E-state index contributed by atoms with van der Waals surface area (Å²) >= 11 is 6.38. The van der Waals surface area contributed by atoms with E-state index in [1.165, 1.54) is 33.4 Å². The van der Waals surface area contributed by atoms with E-state index in [1.807, 2.05) is 244 Å². The molecule has 4 aromatic carbocycles. The number of likely N-dealkylation sites (tertiary alicyclic amines) is 4. The molecule has 4 aliphatic heterocycles. The number of nitrogens with one attached hydrogen (secondary N) is 8. The SMILES string of the molecule is CC(=O)N[C@H](C(=O)N1C[C@H](O)C[C@H]1C(=O)NCc1ccc(-c2scnc2C)cc1)C(C)(C)C.CC(=O)N[C@H](C(=O)N1C[C@H](O)C[C@H]1C(=O)N[C@@H](C)c1ccc(-c2scnc2C)cc1)C(C)(C)C.CN[C@H](C(=O)N1C[C@H](O)C[C@H]1C(=O)NCc1ccc(-c2scnc2C)cc1)C(C)(C)C.CN[C@H](C(=O)N1C[C@H](O)C[C@H]1C(=O)N[C@@H](C)c1ccc(-c2scnc2C)cc1)C(C)(C)C. The van der Waals surface area contributed by atoms with Crippen LogP contribution in [-0.2, 0) is 61.0 Å². The van der Waals surface area contributed by atoms with Crippen molar-refractivity contribution in [2.75, 3.05) is 40.3 Å². The van der Waals surface area contributed by atoms with Crippen LogP contribution in [0.3, 0.4) is 0 Å². The van der Waals surface area contributed by atoms with E-state index in [0.717, 1.165) is 86.8 Å². The van der Waals surface area contributed by atoms with Crippen molar-refractivity contribution < 1.29 is 68.4 Å². The molecule has 4 saturated heterocycles. The molecule has 0 saturated carbocycles. The van der Waals surface area contributed by atoms with Crippen molar-refractivity contribution in [1.29, 1.82) is 0 Å². The zero-order valence-electron chi connectivity index (χ0n) is 78.8. The predicted molar refractivity (Wildman–Crippen MR) is 509 cm³/mol. The van der Waals surface area contributed by atoms with Crippen LogP contribution < -0.4 is 42.5 Å². The molecule has 0 aliphatic carbocycles. The van der Waals surface area contributed by atoms with Gasteiger partial charge in [-0.3, -0.25) is 47.9 Å². The van der Waals surface area contributed by atoms with E-state index in [0.29, 0.717) is 13.1 Å². The van der Waals surface area contributed by atoms with Gasteiger partial charge in [0, 0.05) is 78.8 Å². The second-order valence-electron chi connectivity index (χ2n) is 38.4. The fraction of sp³-hybridized carbons (Fsp3) is 0.521. The van der Waals surface area contributed by atoms with Gasteiger partial charge in [-0.05, 0) is 122 Å². The number of benzene rings is 4. The van der Waals surface area contributed by atoms with Gasteiger partial charge in [-0.1, -0.05) is 180 Å². The Morgan fingerprint density at radius 3 is 0.785 bits per heavy atom. The average Bonchev–Trinajstić information content (AvgIpc) is 1.63. The molecule has 8 aromatic rings. The number of thiazole rings is 4. The van der Waals surface area contributed by atoms with Gasteiger partial charge in [0.15, 0.2) is 0 Å². The summed E-state index contributed by atoms with van der Waals surface area (Å²) in [5.74, 6) is -2.81. The molecule has 12 N–H and O–H groups in total. The maximum atomic E-state index is 13.3. The van der Waals surface area contributed by atoms with Crippen molar-refractivity contribution in [1.82, 2.24) is 82.1 Å². The largest absolute Gasteiger partial charge is 0.391 e. The Labute approximate surface area is 779 Å². The molecule has 14 atom stereocenters. The van der Waals surface area contributed by atoms with Gasteiger partial charge in [-0.25, -0.2) is 19.9 Å². The van der Waals surface area contributed by atoms with Gasteiger partial charge in [0.1, 0.15) is 36.3 Å². The number of likely N-dealkylation sites (N-methyl/N-ethyl adjacent to an activating group) is 2. The number of rotatable bonds is 24. The molecule has 4 aromatic heterocycles. The number of aromatic nitrogens is 4. The number of nitrogens with zero attached hydrogens (tertiary/aromatic N) is 8. The summed E-state index contributed by atoms with van der Waals surface area (Å²) in [5, 5.41) is 64.2. The van der Waals surface area contributed by atoms with Crippen LogP contribution in [0.25, 0.3) is 41.8 Å². The third-order valence-electron chi connectivity index (χ3n) is 23.6. The lowest BCUT2D eigenvalue weighted by molar-refractivity contribution is -0.144. The Bertz CT molecular complexity index is 5200. The van der Waals surface area contributed by atoms with Crippen molar-refractivity contribution >= 4 is 104 Å². The minimum Gasteiger partial charge on any atom is -0.391 e. The topological polar surface area (TPSA) is 412 Å². The van der Waals surface area contributed by atoms with Crippen LogP contribution in [0.2, 0.25) is 0 Å². The summed E-state index contributed by atoms with van der Waals surface area (Å²) in [5.41, 5.74) is 17.7. The Morgan fingerprint density at radius 2 is 0.577 bits per heavy atom. The molecule has 130 heavy (non-hydrogen) atoms. The highest BCUT2D eigenvalue weighted by molar-refractivity contribution is 7.14. The minimum absolute atomic E-state index is 0.0559. The number of hydrogen-bond acceptors (Lipinski definition) is 24. The number of aryl methyl sites for hydroxylation is 4. The maximum Gasteiger partial charge on any atom is 0.246 e. The fourth-order valence-corrected chi connectivity index (χ4v) is 19.8. The molecule has 34 heteroatoms. The van der Waals surface area contributed by atoms with Gasteiger partial charge in [0.2, 0.25) is 59.1 Å². The highest BCUT2D eigenvalue weighted by Gasteiger charge is 2.49. The lowest BCUT2D eigenvalue weighted by Gasteiger charge is -2.35. The molecule has 0 spiro atoms. The molecule has 4 aliphatic rings. The molecule has 4 fully saturated rings. The van der Waals surface area contributed by atoms with Crippen molar-refractivity contribution in [2.45, 2.75) is 262 Å². The van der Waals surface area contributed by atoms with Gasteiger partial charge in [0.25, 0.3) is 0 Å². The third kappa shape index (κ3) is 27.1. The molecule has 0 bridgehead atoms. The van der Waals surface area contributed by atoms with Crippen molar-refractivity contribution in [3.05, 3.63) is 164 Å². The first-order chi connectivity index (χ1) is 61.0. The lowest BCUT2D eigenvalue weighted by atomic mass is 9.85. The van der Waals surface area contributed by atoms with Crippen LogP contribution in [0.1, 0.15) is 194 Å². The zero-order valence-corrected chi connectivity index (χ0v) is 82.0. The van der Waals surface area contributed by atoms with Gasteiger partial charge in [-0.2, -0.15) is 0 Å². The van der Waals surface area contributed by atoms with Crippen molar-refractivity contribution in [3.63, 3.8) is 0 Å². The first kappa shape index (κ1) is 104. The fourth-order valence-electron chi connectivity index (χ4n) is 16.6. The van der Waals surface area contributed by atoms with Crippen LogP contribution >= 0.6 is 45.3 Å². The molecule has 12 rings (SSSR count). The first-order valence-electron chi connectivity index (χ1n) is 44.0. The number of carbonyl (C=O) groups is 10. The monoisotopic (exact) mass is 1860 g/mol. The minimum atomic E-state index is -0.803. The molecule has 10 amide bonds. The lowest BCUT2D eigenvalue weighted by Crippen LogP contribution is -2.57. The quantitative estimate of drug-likeness (QED) is 0.0267. The summed E-state index contributed by atoms with van der Waals surface area (Å²) in [7, 11) is 3.49. The van der Waals surface area contributed by atoms with Crippen LogP contribution in [-0.4, -0.2) is 232 Å². The summed E-state index contributed by atoms with van der Waals surface area (Å²) in [4.78, 5) is 156. The van der Waals surface area contributed by atoms with Gasteiger partial charge < -0.3 is 82.6 Å². The van der Waals surface area contributed by atoms with E-state index in [2.05, 4.69) is 62.5 Å². The van der Waals surface area contributed by atoms with Gasteiger partial charge >= 0.3 is 0 Å². The summed E-state index contributed by atoms with van der Waals surface area (Å²) in [6.07, 6.45) is -2.16. The summed E-state index contributed by atoms with van der Waals surface area (Å²) in [6, 6.07) is 26.0. The first-order valence-corrected chi connectivity index (χ1v) is 47.5. The smallest absolute Gasteiger partial charge is 0.246 e. The van der Waals surface area contributed by atoms with E-state index in [4.69, 9.17) is 0 Å². The Morgan fingerprint density at radius 1 is 0.354 bits per heavy atom. The molecular formula is C96H132N16O14S4. The highest BCUT2D eigenvalue weighted by atomic mass is 32.1.